The van der Waals surface area contributed by atoms with Crippen molar-refractivity contribution in [2.45, 2.75) is 30.8 Å². The van der Waals surface area contributed by atoms with Crippen molar-refractivity contribution in [1.29, 1.82) is 0 Å². The van der Waals surface area contributed by atoms with Gasteiger partial charge in [0.2, 0.25) is 5.91 Å². The molecule has 0 saturated carbocycles. The Bertz CT molecular complexity index is 1210. The van der Waals surface area contributed by atoms with E-state index in [0.717, 1.165) is 35.7 Å². The van der Waals surface area contributed by atoms with Crippen LogP contribution < -0.4 is 9.62 Å². The second-order valence-corrected chi connectivity index (χ2v) is 9.67. The molecule has 0 saturated heterocycles. The average molecular weight is 491 g/mol. The zero-order chi connectivity index (χ0) is 24.8. The summed E-state index contributed by atoms with van der Waals surface area (Å²) in [4.78, 5) is 12.5. The molecule has 34 heavy (non-hydrogen) atoms. The Hall–Kier alpha value is -3.33. The number of carbonyl (C=O) groups excluding carboxylic acids is 1. The molecule has 0 atom stereocenters. The van der Waals surface area contributed by atoms with Gasteiger partial charge in [0.05, 0.1) is 16.1 Å². The molecule has 0 aliphatic carbocycles. The predicted molar refractivity (Wildman–Crippen MR) is 125 cm³/mol. The Morgan fingerprint density at radius 2 is 1.62 bits per heavy atom. The van der Waals surface area contributed by atoms with E-state index in [2.05, 4.69) is 5.32 Å². The van der Waals surface area contributed by atoms with Gasteiger partial charge in [-0.25, -0.2) is 8.42 Å². The third-order valence-corrected chi connectivity index (χ3v) is 6.95. The largest absolute Gasteiger partial charge is 0.416 e. The summed E-state index contributed by atoms with van der Waals surface area (Å²) < 4.78 is 66.9. The molecule has 0 radical (unpaired) electrons. The summed E-state index contributed by atoms with van der Waals surface area (Å²) >= 11 is 0. The highest BCUT2D eigenvalue weighted by Gasteiger charge is 2.33. The molecular formula is C25H25F3N2O3S. The van der Waals surface area contributed by atoms with Gasteiger partial charge in [0.1, 0.15) is 6.54 Å². The fourth-order valence-corrected chi connectivity index (χ4v) is 4.77. The molecule has 0 spiro atoms. The smallest absolute Gasteiger partial charge is 0.355 e. The molecule has 1 amide bonds. The van der Waals surface area contributed by atoms with Gasteiger partial charge >= 0.3 is 6.18 Å². The third-order valence-electron chi connectivity index (χ3n) is 5.16. The molecule has 3 aromatic rings. The lowest BCUT2D eigenvalue weighted by atomic mass is 10.1. The molecule has 180 valence electrons. The number of carbonyl (C=O) groups is 1. The van der Waals surface area contributed by atoms with Crippen molar-refractivity contribution in [3.63, 3.8) is 0 Å². The number of rotatable bonds is 9. The molecule has 5 nitrogen and oxygen atoms in total. The number of halogens is 3. The SMILES string of the molecule is Cc1ccc(CCCNC(=O)CN(c2cccc(C(F)(F)F)c2)S(=O)(=O)c2ccccc2)cc1. The minimum absolute atomic E-state index is 0.125. The number of alkyl halides is 3. The van der Waals surface area contributed by atoms with Gasteiger partial charge in [0, 0.05) is 6.54 Å². The van der Waals surface area contributed by atoms with E-state index in [9.17, 15) is 26.4 Å². The number of hydrogen-bond donors (Lipinski definition) is 1. The van der Waals surface area contributed by atoms with Crippen molar-refractivity contribution in [3.05, 3.63) is 95.6 Å². The van der Waals surface area contributed by atoms with E-state index < -0.39 is 34.2 Å². The molecular weight excluding hydrogens is 465 g/mol. The number of nitrogens with one attached hydrogen (secondary N) is 1. The maximum Gasteiger partial charge on any atom is 0.416 e. The highest BCUT2D eigenvalue weighted by atomic mass is 32.2. The van der Waals surface area contributed by atoms with Crippen LogP contribution in [0.25, 0.3) is 0 Å². The number of amides is 1. The summed E-state index contributed by atoms with van der Waals surface area (Å²) in [5, 5.41) is 2.67. The van der Waals surface area contributed by atoms with E-state index in [1.54, 1.807) is 6.07 Å². The zero-order valence-corrected chi connectivity index (χ0v) is 19.4. The van der Waals surface area contributed by atoms with Gasteiger partial charge in [0.15, 0.2) is 0 Å². The summed E-state index contributed by atoms with van der Waals surface area (Å²) in [6.07, 6.45) is -3.31. The van der Waals surface area contributed by atoms with Gasteiger partial charge in [0.25, 0.3) is 10.0 Å². The molecule has 0 fully saturated rings. The summed E-state index contributed by atoms with van der Waals surface area (Å²) in [6, 6.07) is 19.2. The Labute approximate surface area is 197 Å². The second kappa shape index (κ2) is 10.7. The number of nitrogens with zero attached hydrogens (tertiary/aromatic N) is 1. The molecule has 0 aliphatic rings. The maximum absolute atomic E-state index is 13.2. The Balaban J connectivity index is 1.76. The Morgan fingerprint density at radius 1 is 0.941 bits per heavy atom. The van der Waals surface area contributed by atoms with E-state index in [-0.39, 0.29) is 10.6 Å². The first-order valence-electron chi connectivity index (χ1n) is 10.6. The van der Waals surface area contributed by atoms with Gasteiger partial charge in [-0.1, -0.05) is 54.1 Å². The van der Waals surface area contributed by atoms with Crippen molar-refractivity contribution < 1.29 is 26.4 Å². The molecule has 9 heteroatoms. The van der Waals surface area contributed by atoms with Gasteiger partial charge < -0.3 is 5.32 Å². The average Bonchev–Trinajstić information content (AvgIpc) is 2.81. The van der Waals surface area contributed by atoms with E-state index in [0.29, 0.717) is 17.3 Å². The van der Waals surface area contributed by atoms with Gasteiger partial charge in [-0.15, -0.1) is 0 Å². The molecule has 0 heterocycles. The van der Waals surface area contributed by atoms with Crippen LogP contribution in [0.1, 0.15) is 23.1 Å². The quantitative estimate of drug-likeness (QED) is 0.431. The normalized spacial score (nSPS) is 11.8. The van der Waals surface area contributed by atoms with Crippen molar-refractivity contribution in [3.8, 4) is 0 Å². The summed E-state index contributed by atoms with van der Waals surface area (Å²) in [7, 11) is -4.28. The first-order valence-corrected chi connectivity index (χ1v) is 12.1. The molecule has 1 N–H and O–H groups in total. The monoisotopic (exact) mass is 490 g/mol. The van der Waals surface area contributed by atoms with Crippen LogP contribution in [0.3, 0.4) is 0 Å². The van der Waals surface area contributed by atoms with Crippen LogP contribution in [0.4, 0.5) is 18.9 Å². The standard InChI is InChI=1S/C25H25F3N2O3S/c1-19-12-14-20(15-13-19)7-6-16-29-24(31)18-30(34(32,33)23-10-3-2-4-11-23)22-9-5-8-21(17-22)25(26,27)28/h2-5,8-15,17H,6-7,16,18H2,1H3,(H,29,31). The zero-order valence-electron chi connectivity index (χ0n) is 18.5. The molecule has 0 unspecified atom stereocenters. The summed E-state index contributed by atoms with van der Waals surface area (Å²) in [5.74, 6) is -0.610. The third kappa shape index (κ3) is 6.60. The fraction of sp³-hybridized carbons (Fsp3) is 0.240. The van der Waals surface area contributed by atoms with Gasteiger partial charge in [-0.3, -0.25) is 9.10 Å². The summed E-state index contributed by atoms with van der Waals surface area (Å²) in [5.41, 5.74) is 1.01. The number of benzene rings is 3. The van der Waals surface area contributed by atoms with Gasteiger partial charge in [-0.05, 0) is 55.7 Å². The lowest BCUT2D eigenvalue weighted by molar-refractivity contribution is -0.137. The Morgan fingerprint density at radius 3 is 2.26 bits per heavy atom. The molecule has 0 bridgehead atoms. The van der Waals surface area contributed by atoms with Crippen molar-refractivity contribution in [2.75, 3.05) is 17.4 Å². The minimum atomic E-state index is -4.66. The van der Waals surface area contributed by atoms with Crippen molar-refractivity contribution in [2.24, 2.45) is 0 Å². The molecule has 0 aromatic heterocycles. The maximum atomic E-state index is 13.2. The van der Waals surface area contributed by atoms with Crippen LogP contribution in [-0.2, 0) is 27.4 Å². The first kappa shape index (κ1) is 25.3. The number of anilines is 1. The number of aryl methyl sites for hydroxylation is 2. The van der Waals surface area contributed by atoms with E-state index in [1.807, 2.05) is 31.2 Å². The van der Waals surface area contributed by atoms with E-state index in [1.165, 1.54) is 30.3 Å². The van der Waals surface area contributed by atoms with Crippen LogP contribution in [0.15, 0.2) is 83.8 Å². The lowest BCUT2D eigenvalue weighted by Crippen LogP contribution is -2.41. The van der Waals surface area contributed by atoms with Gasteiger partial charge in [-0.2, -0.15) is 13.2 Å². The fourth-order valence-electron chi connectivity index (χ4n) is 3.33. The van der Waals surface area contributed by atoms with E-state index >= 15 is 0 Å². The minimum Gasteiger partial charge on any atom is -0.355 e. The van der Waals surface area contributed by atoms with Crippen LogP contribution in [-0.4, -0.2) is 27.4 Å². The topological polar surface area (TPSA) is 66.5 Å². The Kier molecular flexibility index (Phi) is 7.98. The highest BCUT2D eigenvalue weighted by molar-refractivity contribution is 7.92. The first-order chi connectivity index (χ1) is 16.1. The number of sulfonamides is 1. The molecule has 3 aromatic carbocycles. The van der Waals surface area contributed by atoms with E-state index in [4.69, 9.17) is 0 Å². The molecule has 0 aliphatic heterocycles. The van der Waals surface area contributed by atoms with Crippen LogP contribution in [0.5, 0.6) is 0 Å². The van der Waals surface area contributed by atoms with Crippen LogP contribution in [0, 0.1) is 6.92 Å². The molecule has 3 rings (SSSR count). The van der Waals surface area contributed by atoms with Crippen LogP contribution in [0.2, 0.25) is 0 Å². The lowest BCUT2D eigenvalue weighted by Gasteiger charge is -2.25. The number of hydrogen-bond acceptors (Lipinski definition) is 3. The highest BCUT2D eigenvalue weighted by Crippen LogP contribution is 2.33. The van der Waals surface area contributed by atoms with Crippen molar-refractivity contribution >= 4 is 21.6 Å². The van der Waals surface area contributed by atoms with Crippen LogP contribution >= 0.6 is 0 Å². The second-order valence-electron chi connectivity index (χ2n) is 7.81. The summed E-state index contributed by atoms with van der Waals surface area (Å²) in [6.45, 7) is 1.64. The predicted octanol–water partition coefficient (Wildman–Crippen LogP) is 4.96. The van der Waals surface area contributed by atoms with Crippen molar-refractivity contribution in [1.82, 2.24) is 5.32 Å².